The Bertz CT molecular complexity index is 468. The van der Waals surface area contributed by atoms with Crippen LogP contribution >= 0.6 is 0 Å². The quantitative estimate of drug-likeness (QED) is 0.843. The summed E-state index contributed by atoms with van der Waals surface area (Å²) in [5.41, 5.74) is 0.113. The van der Waals surface area contributed by atoms with Gasteiger partial charge in [-0.2, -0.15) is 0 Å². The van der Waals surface area contributed by atoms with Gasteiger partial charge in [0.1, 0.15) is 5.60 Å². The maximum atomic E-state index is 11.2. The molecule has 2 aromatic rings. The largest absolute Gasteiger partial charge is 0.389 e. The van der Waals surface area contributed by atoms with Crippen molar-refractivity contribution in [3.8, 4) is 0 Å². The summed E-state index contributed by atoms with van der Waals surface area (Å²) in [6.45, 7) is 2.08. The number of aliphatic hydroxyl groups is 2. The second-order valence-corrected chi connectivity index (χ2v) is 5.16. The van der Waals surface area contributed by atoms with E-state index in [1.165, 1.54) is 0 Å². The van der Waals surface area contributed by atoms with Gasteiger partial charge in [0.15, 0.2) is 0 Å². The van der Waals surface area contributed by atoms with Crippen LogP contribution in [-0.2, 0) is 5.60 Å². The molecule has 2 nitrogen and oxygen atoms in total. The van der Waals surface area contributed by atoms with Crippen molar-refractivity contribution in [2.45, 2.75) is 37.9 Å². The lowest BCUT2D eigenvalue weighted by atomic mass is 9.80. The van der Waals surface area contributed by atoms with Crippen molar-refractivity contribution in [3.63, 3.8) is 0 Å². The zero-order chi connectivity index (χ0) is 14.4. The summed E-state index contributed by atoms with van der Waals surface area (Å²) < 4.78 is 0. The molecule has 0 bridgehead atoms. The van der Waals surface area contributed by atoms with E-state index < -0.39 is 11.7 Å². The Balaban J connectivity index is 2.43. The Morgan fingerprint density at radius 2 is 1.35 bits per heavy atom. The van der Waals surface area contributed by atoms with E-state index in [0.717, 1.165) is 24.0 Å². The first kappa shape index (κ1) is 14.8. The molecule has 2 rings (SSSR count). The standard InChI is InChI=1S/C18H22O2/c1-2-3-14-17(19)18(20,15-10-6-4-7-11-15)16-12-8-5-9-13-16/h4-13,17,19-20H,2-3,14H2,1H3. The van der Waals surface area contributed by atoms with Gasteiger partial charge in [-0.1, -0.05) is 80.4 Å². The predicted molar refractivity (Wildman–Crippen MR) is 81.4 cm³/mol. The zero-order valence-corrected chi connectivity index (χ0v) is 11.9. The van der Waals surface area contributed by atoms with E-state index in [1.807, 2.05) is 60.7 Å². The van der Waals surface area contributed by atoms with Crippen LogP contribution in [-0.4, -0.2) is 16.3 Å². The van der Waals surface area contributed by atoms with E-state index in [9.17, 15) is 10.2 Å². The average Bonchev–Trinajstić information content (AvgIpc) is 2.53. The highest BCUT2D eigenvalue weighted by molar-refractivity contribution is 5.37. The van der Waals surface area contributed by atoms with Gasteiger partial charge in [0.05, 0.1) is 6.10 Å². The fourth-order valence-corrected chi connectivity index (χ4v) is 2.54. The lowest BCUT2D eigenvalue weighted by molar-refractivity contribution is -0.0540. The van der Waals surface area contributed by atoms with E-state index in [2.05, 4.69) is 6.92 Å². The molecule has 0 saturated carbocycles. The number of unbranched alkanes of at least 4 members (excludes halogenated alkanes) is 1. The van der Waals surface area contributed by atoms with Gasteiger partial charge in [-0.3, -0.25) is 0 Å². The summed E-state index contributed by atoms with van der Waals surface area (Å²) >= 11 is 0. The van der Waals surface area contributed by atoms with Crippen LogP contribution in [0.3, 0.4) is 0 Å². The number of aliphatic hydroxyl groups excluding tert-OH is 1. The van der Waals surface area contributed by atoms with E-state index in [1.54, 1.807) is 0 Å². The third-order valence-corrected chi connectivity index (χ3v) is 3.74. The minimum atomic E-state index is -1.35. The SMILES string of the molecule is CCCCC(O)C(O)(c1ccccc1)c1ccccc1. The molecule has 0 radical (unpaired) electrons. The van der Waals surface area contributed by atoms with Crippen LogP contribution in [0.5, 0.6) is 0 Å². The average molecular weight is 270 g/mol. The number of rotatable bonds is 6. The summed E-state index contributed by atoms with van der Waals surface area (Å²) in [5.74, 6) is 0. The molecule has 2 N–H and O–H groups in total. The highest BCUT2D eigenvalue weighted by Gasteiger charge is 2.38. The number of benzene rings is 2. The van der Waals surface area contributed by atoms with E-state index in [0.29, 0.717) is 6.42 Å². The highest BCUT2D eigenvalue weighted by Crippen LogP contribution is 2.34. The van der Waals surface area contributed by atoms with Gasteiger partial charge in [0, 0.05) is 0 Å². The first-order valence-corrected chi connectivity index (χ1v) is 7.21. The van der Waals surface area contributed by atoms with Crippen LogP contribution in [0.1, 0.15) is 37.3 Å². The monoisotopic (exact) mass is 270 g/mol. The molecule has 0 saturated heterocycles. The van der Waals surface area contributed by atoms with Crippen molar-refractivity contribution in [1.82, 2.24) is 0 Å². The van der Waals surface area contributed by atoms with Crippen molar-refractivity contribution in [3.05, 3.63) is 71.8 Å². The minimum absolute atomic E-state index is 0.580. The Labute approximate surface area is 120 Å². The molecule has 0 heterocycles. The zero-order valence-electron chi connectivity index (χ0n) is 11.9. The first-order valence-electron chi connectivity index (χ1n) is 7.21. The highest BCUT2D eigenvalue weighted by atomic mass is 16.3. The molecule has 0 aromatic heterocycles. The molecule has 106 valence electrons. The Kier molecular flexibility index (Phi) is 4.94. The van der Waals surface area contributed by atoms with Crippen molar-refractivity contribution < 1.29 is 10.2 Å². The fraction of sp³-hybridized carbons (Fsp3) is 0.333. The van der Waals surface area contributed by atoms with E-state index in [4.69, 9.17) is 0 Å². The lowest BCUT2D eigenvalue weighted by Crippen LogP contribution is -2.40. The van der Waals surface area contributed by atoms with Crippen molar-refractivity contribution >= 4 is 0 Å². The molecule has 0 spiro atoms. The molecular formula is C18H22O2. The van der Waals surface area contributed by atoms with Crippen molar-refractivity contribution in [1.29, 1.82) is 0 Å². The fourth-order valence-electron chi connectivity index (χ4n) is 2.54. The van der Waals surface area contributed by atoms with Crippen LogP contribution in [0.4, 0.5) is 0 Å². The summed E-state index contributed by atoms with van der Waals surface area (Å²) in [6.07, 6.45) is 1.66. The van der Waals surface area contributed by atoms with Gasteiger partial charge in [-0.25, -0.2) is 0 Å². The molecule has 0 fully saturated rings. The van der Waals surface area contributed by atoms with Gasteiger partial charge < -0.3 is 10.2 Å². The van der Waals surface area contributed by atoms with Crippen LogP contribution in [0.15, 0.2) is 60.7 Å². The molecule has 1 unspecified atom stereocenters. The minimum Gasteiger partial charge on any atom is -0.389 e. The summed E-state index contributed by atoms with van der Waals surface area (Å²) in [5, 5.41) is 21.8. The second-order valence-electron chi connectivity index (χ2n) is 5.16. The molecule has 20 heavy (non-hydrogen) atoms. The number of hydrogen-bond acceptors (Lipinski definition) is 2. The molecule has 0 amide bonds. The van der Waals surface area contributed by atoms with Crippen LogP contribution in [0.2, 0.25) is 0 Å². The van der Waals surface area contributed by atoms with Gasteiger partial charge in [-0.15, -0.1) is 0 Å². The summed E-state index contributed by atoms with van der Waals surface area (Å²) in [6, 6.07) is 18.8. The Morgan fingerprint density at radius 3 is 1.75 bits per heavy atom. The number of hydrogen-bond donors (Lipinski definition) is 2. The van der Waals surface area contributed by atoms with Gasteiger partial charge >= 0.3 is 0 Å². The van der Waals surface area contributed by atoms with Crippen LogP contribution in [0, 0.1) is 0 Å². The lowest BCUT2D eigenvalue weighted by Gasteiger charge is -2.34. The molecule has 2 aromatic carbocycles. The van der Waals surface area contributed by atoms with Crippen LogP contribution in [0.25, 0.3) is 0 Å². The van der Waals surface area contributed by atoms with Gasteiger partial charge in [0.25, 0.3) is 0 Å². The summed E-state index contributed by atoms with van der Waals surface area (Å²) in [4.78, 5) is 0. The van der Waals surface area contributed by atoms with Gasteiger partial charge in [-0.05, 0) is 17.5 Å². The van der Waals surface area contributed by atoms with E-state index >= 15 is 0 Å². The summed E-state index contributed by atoms with van der Waals surface area (Å²) in [7, 11) is 0. The predicted octanol–water partition coefficient (Wildman–Crippen LogP) is 3.47. The van der Waals surface area contributed by atoms with Crippen molar-refractivity contribution in [2.24, 2.45) is 0 Å². The molecule has 0 aliphatic rings. The molecule has 1 atom stereocenters. The Hall–Kier alpha value is -1.64. The van der Waals surface area contributed by atoms with Crippen molar-refractivity contribution in [2.75, 3.05) is 0 Å². The van der Waals surface area contributed by atoms with Crippen LogP contribution < -0.4 is 0 Å². The third kappa shape index (κ3) is 2.92. The normalized spacial score (nSPS) is 13.2. The van der Waals surface area contributed by atoms with Gasteiger partial charge in [0.2, 0.25) is 0 Å². The Morgan fingerprint density at radius 1 is 0.900 bits per heavy atom. The molecule has 0 aliphatic heterocycles. The smallest absolute Gasteiger partial charge is 0.140 e. The van der Waals surface area contributed by atoms with E-state index in [-0.39, 0.29) is 0 Å². The molecule has 0 aliphatic carbocycles. The molecular weight excluding hydrogens is 248 g/mol. The second kappa shape index (κ2) is 6.69. The maximum Gasteiger partial charge on any atom is 0.140 e. The topological polar surface area (TPSA) is 40.5 Å². The molecule has 2 heteroatoms. The maximum absolute atomic E-state index is 11.2. The first-order chi connectivity index (χ1) is 9.69. The third-order valence-electron chi connectivity index (χ3n) is 3.74.